The number of carbonyl (C=O) groups is 1. The molecule has 0 aliphatic carbocycles. The molecule has 0 atom stereocenters. The van der Waals surface area contributed by atoms with E-state index in [1.54, 1.807) is 16.7 Å². The van der Waals surface area contributed by atoms with Gasteiger partial charge in [0.15, 0.2) is 4.96 Å². The predicted octanol–water partition coefficient (Wildman–Crippen LogP) is 3.88. The number of imidazole rings is 1. The van der Waals surface area contributed by atoms with Crippen LogP contribution in [0.4, 0.5) is 4.39 Å². The fraction of sp³-hybridized carbons (Fsp3) is 0.0769. The number of rotatable bonds is 3. The second kappa shape index (κ2) is 5.75. The summed E-state index contributed by atoms with van der Waals surface area (Å²) in [4.78, 5) is 16.9. The Bertz CT molecular complexity index is 780. The van der Waals surface area contributed by atoms with Crippen LogP contribution < -0.4 is 5.32 Å². The summed E-state index contributed by atoms with van der Waals surface area (Å²) >= 11 is 10.7. The highest BCUT2D eigenvalue weighted by Crippen LogP contribution is 2.23. The Morgan fingerprint density at radius 3 is 3.00 bits per heavy atom. The third kappa shape index (κ3) is 2.95. The van der Waals surface area contributed by atoms with Gasteiger partial charge in [-0.15, -0.1) is 0 Å². The van der Waals surface area contributed by atoms with Gasteiger partial charge in [-0.2, -0.15) is 0 Å². The average molecular weight is 389 g/mol. The molecule has 3 rings (SSSR count). The SMILES string of the molecule is O=C(NCc1c(F)cccc1Cl)c1cn2cc(Br)sc2n1. The number of fused-ring (bicyclic) bond motifs is 1. The van der Waals surface area contributed by atoms with Gasteiger partial charge in [-0.1, -0.05) is 29.0 Å². The molecule has 1 N–H and O–H groups in total. The van der Waals surface area contributed by atoms with E-state index in [-0.39, 0.29) is 28.7 Å². The molecule has 0 spiro atoms. The largest absolute Gasteiger partial charge is 0.346 e. The van der Waals surface area contributed by atoms with Crippen molar-refractivity contribution in [2.45, 2.75) is 6.54 Å². The number of nitrogens with one attached hydrogen (secondary N) is 1. The molecule has 0 aliphatic rings. The molecule has 0 unspecified atom stereocenters. The van der Waals surface area contributed by atoms with Crippen LogP contribution in [0.5, 0.6) is 0 Å². The second-order valence-corrected chi connectivity index (χ2v) is 7.03. The Kier molecular flexibility index (Phi) is 3.97. The molecule has 4 nitrogen and oxygen atoms in total. The summed E-state index contributed by atoms with van der Waals surface area (Å²) in [6.07, 6.45) is 3.44. The Hall–Kier alpha value is -1.44. The second-order valence-electron chi connectivity index (χ2n) is 4.23. The Labute approximate surface area is 136 Å². The highest BCUT2D eigenvalue weighted by Gasteiger charge is 2.14. The van der Waals surface area contributed by atoms with Crippen molar-refractivity contribution in [1.29, 1.82) is 0 Å². The van der Waals surface area contributed by atoms with Gasteiger partial charge >= 0.3 is 0 Å². The van der Waals surface area contributed by atoms with Crippen molar-refractivity contribution >= 4 is 49.7 Å². The molecule has 0 saturated heterocycles. The fourth-order valence-electron chi connectivity index (χ4n) is 1.84. The van der Waals surface area contributed by atoms with Crippen LogP contribution in [-0.4, -0.2) is 15.3 Å². The van der Waals surface area contributed by atoms with E-state index in [1.165, 1.54) is 23.5 Å². The zero-order chi connectivity index (χ0) is 15.0. The third-order valence-corrected chi connectivity index (χ3v) is 4.68. The lowest BCUT2D eigenvalue weighted by atomic mass is 10.2. The fourth-order valence-corrected chi connectivity index (χ4v) is 3.42. The van der Waals surface area contributed by atoms with Crippen molar-refractivity contribution in [2.24, 2.45) is 0 Å². The number of benzene rings is 1. The number of hydrogen-bond acceptors (Lipinski definition) is 3. The summed E-state index contributed by atoms with van der Waals surface area (Å²) in [6, 6.07) is 4.40. The number of amides is 1. The number of halogens is 3. The minimum atomic E-state index is -0.447. The number of aromatic nitrogens is 2. The number of carbonyl (C=O) groups excluding carboxylic acids is 1. The summed E-state index contributed by atoms with van der Waals surface area (Å²) in [6.45, 7) is 0.0131. The molecule has 3 aromatic rings. The van der Waals surface area contributed by atoms with E-state index in [2.05, 4.69) is 26.2 Å². The smallest absolute Gasteiger partial charge is 0.271 e. The van der Waals surface area contributed by atoms with Crippen molar-refractivity contribution < 1.29 is 9.18 Å². The van der Waals surface area contributed by atoms with Crippen molar-refractivity contribution in [3.63, 3.8) is 0 Å². The minimum Gasteiger partial charge on any atom is -0.346 e. The van der Waals surface area contributed by atoms with E-state index in [0.29, 0.717) is 4.96 Å². The van der Waals surface area contributed by atoms with Crippen LogP contribution in [0.15, 0.2) is 34.4 Å². The summed E-state index contributed by atoms with van der Waals surface area (Å²) in [5.41, 5.74) is 0.539. The topological polar surface area (TPSA) is 46.4 Å². The van der Waals surface area contributed by atoms with Crippen LogP contribution in [0, 0.1) is 5.82 Å². The van der Waals surface area contributed by atoms with Crippen molar-refractivity contribution in [2.75, 3.05) is 0 Å². The van der Waals surface area contributed by atoms with Crippen LogP contribution in [0.25, 0.3) is 4.96 Å². The standard InChI is InChI=1S/C13H8BrClFN3OS/c14-11-6-19-5-10(18-13(19)21-11)12(20)17-4-7-8(15)2-1-3-9(7)16/h1-3,5-6H,4H2,(H,17,20). The van der Waals surface area contributed by atoms with Crippen LogP contribution in [0.2, 0.25) is 5.02 Å². The zero-order valence-corrected chi connectivity index (χ0v) is 13.6. The lowest BCUT2D eigenvalue weighted by Gasteiger charge is -2.06. The summed E-state index contributed by atoms with van der Waals surface area (Å²) < 4.78 is 16.3. The molecular weight excluding hydrogens is 381 g/mol. The molecule has 0 saturated carbocycles. The van der Waals surface area contributed by atoms with Crippen LogP contribution in [-0.2, 0) is 6.54 Å². The first-order chi connectivity index (χ1) is 10.0. The van der Waals surface area contributed by atoms with Gasteiger partial charge in [0.1, 0.15) is 11.5 Å². The molecule has 0 aliphatic heterocycles. The Balaban J connectivity index is 1.75. The maximum absolute atomic E-state index is 13.6. The third-order valence-electron chi connectivity index (χ3n) is 2.85. The van der Waals surface area contributed by atoms with Gasteiger partial charge in [0.2, 0.25) is 0 Å². The van der Waals surface area contributed by atoms with Gasteiger partial charge in [0.25, 0.3) is 5.91 Å². The molecule has 2 aromatic heterocycles. The molecule has 21 heavy (non-hydrogen) atoms. The number of thiazole rings is 1. The summed E-state index contributed by atoms with van der Waals surface area (Å²) in [5.74, 6) is -0.820. The first kappa shape index (κ1) is 14.5. The molecule has 1 amide bonds. The maximum Gasteiger partial charge on any atom is 0.271 e. The van der Waals surface area contributed by atoms with E-state index in [4.69, 9.17) is 11.6 Å². The summed E-state index contributed by atoms with van der Waals surface area (Å²) in [7, 11) is 0. The van der Waals surface area contributed by atoms with Gasteiger partial charge in [-0.3, -0.25) is 9.20 Å². The lowest BCUT2D eigenvalue weighted by Crippen LogP contribution is -2.23. The van der Waals surface area contributed by atoms with Crippen LogP contribution >= 0.6 is 38.9 Å². The maximum atomic E-state index is 13.6. The molecule has 0 bridgehead atoms. The predicted molar refractivity (Wildman–Crippen MR) is 83.3 cm³/mol. The molecular formula is C13H8BrClFN3OS. The van der Waals surface area contributed by atoms with Crippen LogP contribution in [0.3, 0.4) is 0 Å². The molecule has 2 heterocycles. The van der Waals surface area contributed by atoms with E-state index in [9.17, 15) is 9.18 Å². The molecule has 0 fully saturated rings. The lowest BCUT2D eigenvalue weighted by molar-refractivity contribution is 0.0946. The van der Waals surface area contributed by atoms with Gasteiger partial charge in [0.05, 0.1) is 3.79 Å². The van der Waals surface area contributed by atoms with Crippen molar-refractivity contribution in [3.8, 4) is 0 Å². The quantitative estimate of drug-likeness (QED) is 0.740. The normalized spacial score (nSPS) is 11.0. The van der Waals surface area contributed by atoms with Crippen LogP contribution in [0.1, 0.15) is 16.1 Å². The van der Waals surface area contributed by atoms with Crippen molar-refractivity contribution in [1.82, 2.24) is 14.7 Å². The van der Waals surface area contributed by atoms with Gasteiger partial charge < -0.3 is 5.32 Å². The van der Waals surface area contributed by atoms with E-state index >= 15 is 0 Å². The minimum absolute atomic E-state index is 0.0131. The number of hydrogen-bond donors (Lipinski definition) is 1. The molecule has 108 valence electrons. The first-order valence-corrected chi connectivity index (χ1v) is 7.88. The molecule has 0 radical (unpaired) electrons. The van der Waals surface area contributed by atoms with Gasteiger partial charge in [0, 0.05) is 29.5 Å². The Morgan fingerprint density at radius 2 is 2.29 bits per heavy atom. The highest BCUT2D eigenvalue weighted by molar-refractivity contribution is 9.11. The molecule has 1 aromatic carbocycles. The molecule has 8 heteroatoms. The number of nitrogens with zero attached hydrogens (tertiary/aromatic N) is 2. The van der Waals surface area contributed by atoms with Crippen molar-refractivity contribution in [3.05, 3.63) is 56.5 Å². The monoisotopic (exact) mass is 387 g/mol. The first-order valence-electron chi connectivity index (χ1n) is 5.90. The summed E-state index contributed by atoms with van der Waals surface area (Å²) in [5, 5.41) is 2.90. The van der Waals surface area contributed by atoms with Gasteiger partial charge in [-0.25, -0.2) is 9.37 Å². The van der Waals surface area contributed by atoms with Gasteiger partial charge in [-0.05, 0) is 28.1 Å². The van der Waals surface area contributed by atoms with E-state index in [1.807, 2.05) is 6.20 Å². The van der Waals surface area contributed by atoms with E-state index < -0.39 is 5.82 Å². The Morgan fingerprint density at radius 1 is 1.48 bits per heavy atom. The highest BCUT2D eigenvalue weighted by atomic mass is 79.9. The van der Waals surface area contributed by atoms with E-state index in [0.717, 1.165) is 3.79 Å². The average Bonchev–Trinajstić information content (AvgIpc) is 2.95. The zero-order valence-electron chi connectivity index (χ0n) is 10.4.